The molecule has 0 aliphatic rings. The van der Waals surface area contributed by atoms with Gasteiger partial charge in [0, 0.05) is 23.2 Å². The molecule has 0 atom stereocenters. The maximum Gasteiger partial charge on any atom is 0.185 e. The number of allylic oxidation sites excluding steroid dienone is 1. The van der Waals surface area contributed by atoms with E-state index >= 15 is 0 Å². The second-order valence-corrected chi connectivity index (χ2v) is 5.29. The Balaban J connectivity index is 2.09. The molecule has 0 amide bonds. The maximum absolute atomic E-state index is 11.9. The molecule has 90 valence electrons. The van der Waals surface area contributed by atoms with Crippen molar-refractivity contribution in [2.45, 2.75) is 0 Å². The van der Waals surface area contributed by atoms with Crippen LogP contribution in [0.2, 0.25) is 0 Å². The minimum atomic E-state index is 0.0312. The normalized spacial score (nSPS) is 10.7. The number of carbonyl (C=O) groups excluding carboxylic acids is 1. The van der Waals surface area contributed by atoms with Gasteiger partial charge in [0.05, 0.1) is 0 Å². The van der Waals surface area contributed by atoms with E-state index in [4.69, 9.17) is 0 Å². The van der Waals surface area contributed by atoms with E-state index in [1.165, 1.54) is 4.78 Å². The average molecular weight is 255 g/mol. The topological polar surface area (TPSA) is 29.1 Å². The van der Waals surface area contributed by atoms with Gasteiger partial charge in [0.2, 0.25) is 0 Å². The zero-order valence-corrected chi connectivity index (χ0v) is 11.3. The Morgan fingerprint density at radius 2 is 1.94 bits per heavy atom. The van der Waals surface area contributed by atoms with Gasteiger partial charge >= 0.3 is 0 Å². The van der Waals surface area contributed by atoms with E-state index in [-0.39, 0.29) is 5.78 Å². The molecule has 1 N–H and O–H groups in total. The van der Waals surface area contributed by atoms with Crippen LogP contribution in [0, 0.1) is 0 Å². The van der Waals surface area contributed by atoms with Gasteiger partial charge in [-0.3, -0.25) is 4.79 Å². The molecule has 0 aliphatic heterocycles. The van der Waals surface area contributed by atoms with E-state index in [2.05, 4.69) is 19.2 Å². The highest BCUT2D eigenvalue weighted by Crippen LogP contribution is 2.12. The Morgan fingerprint density at radius 3 is 2.50 bits per heavy atom. The van der Waals surface area contributed by atoms with Crippen LogP contribution in [0.1, 0.15) is 15.2 Å². The number of hydrogen-bond donors (Lipinski definition) is 1. The molecule has 0 aliphatic carbocycles. The molecule has 2 nitrogen and oxygen atoms in total. The van der Waals surface area contributed by atoms with Crippen LogP contribution in [-0.2, 0) is 0 Å². The largest absolute Gasteiger partial charge is 0.388 e. The van der Waals surface area contributed by atoms with Crippen LogP contribution >= 0.6 is 11.3 Å². The third-order valence-electron chi connectivity index (χ3n) is 2.62. The van der Waals surface area contributed by atoms with Gasteiger partial charge in [-0.15, -0.1) is 0 Å². The van der Waals surface area contributed by atoms with Crippen LogP contribution in [0.25, 0.3) is 6.08 Å². The Kier molecular flexibility index (Phi) is 4.00. The Bertz CT molecular complexity index is 572. The number of nitrogens with one attached hydrogen (secondary N) is 1. The summed E-state index contributed by atoms with van der Waals surface area (Å²) in [4.78, 5) is 13.0. The van der Waals surface area contributed by atoms with E-state index in [1.807, 2.05) is 43.5 Å². The summed E-state index contributed by atoms with van der Waals surface area (Å²) in [5.74, 6) is 0.0312. The second-order valence-electron chi connectivity index (χ2n) is 3.97. The van der Waals surface area contributed by atoms with Gasteiger partial charge in [0.15, 0.2) is 13.6 Å². The van der Waals surface area contributed by atoms with Crippen molar-refractivity contribution in [3.05, 3.63) is 52.9 Å². The molecule has 18 heavy (non-hydrogen) atoms. The van der Waals surface area contributed by atoms with Gasteiger partial charge in [-0.2, -0.15) is 11.3 Å². The van der Waals surface area contributed by atoms with Crippen molar-refractivity contribution in [1.29, 1.82) is 0 Å². The zero-order chi connectivity index (χ0) is 13.0. The molecule has 2 rings (SSSR count). The predicted molar refractivity (Wildman–Crippen MR) is 81.9 cm³/mol. The fraction of sp³-hybridized carbons (Fsp3) is 0.0714. The summed E-state index contributed by atoms with van der Waals surface area (Å²) in [6.45, 7) is 0. The summed E-state index contributed by atoms with van der Waals surface area (Å²) in [6.07, 6.45) is 3.49. The average Bonchev–Trinajstić information content (AvgIpc) is 2.82. The van der Waals surface area contributed by atoms with Gasteiger partial charge in [-0.05, 0) is 47.3 Å². The number of ketones is 1. The highest BCUT2D eigenvalue weighted by molar-refractivity contribution is 7.20. The van der Waals surface area contributed by atoms with Crippen molar-refractivity contribution in [3.63, 3.8) is 0 Å². The molecule has 1 aromatic carbocycles. The highest BCUT2D eigenvalue weighted by atomic mass is 32.1. The number of anilines is 1. The van der Waals surface area contributed by atoms with Crippen molar-refractivity contribution in [1.82, 2.24) is 0 Å². The first-order valence-electron chi connectivity index (χ1n) is 5.76. The van der Waals surface area contributed by atoms with Crippen LogP contribution in [-0.4, -0.2) is 20.7 Å². The molecule has 0 unspecified atom stereocenters. The minimum absolute atomic E-state index is 0.0312. The molecule has 4 heteroatoms. The van der Waals surface area contributed by atoms with Crippen LogP contribution < -0.4 is 10.1 Å². The lowest BCUT2D eigenvalue weighted by Crippen LogP contribution is -1.95. The molecule has 0 radical (unpaired) electrons. The van der Waals surface area contributed by atoms with E-state index in [0.717, 1.165) is 10.6 Å². The van der Waals surface area contributed by atoms with Gasteiger partial charge in [-0.25, -0.2) is 0 Å². The maximum atomic E-state index is 11.9. The molecule has 0 saturated carbocycles. The van der Waals surface area contributed by atoms with Crippen molar-refractivity contribution in [3.8, 4) is 0 Å². The second kappa shape index (κ2) is 5.69. The lowest BCUT2D eigenvalue weighted by Gasteiger charge is -2.00. The third-order valence-corrected chi connectivity index (χ3v) is 3.58. The number of hydrogen-bond acceptors (Lipinski definition) is 3. The summed E-state index contributed by atoms with van der Waals surface area (Å²) in [6, 6.07) is 11.5. The molecule has 1 heterocycles. The lowest BCUT2D eigenvalue weighted by molar-refractivity contribution is 0.104. The van der Waals surface area contributed by atoms with Crippen molar-refractivity contribution in [2.24, 2.45) is 0 Å². The molecule has 1 aromatic heterocycles. The quantitative estimate of drug-likeness (QED) is 0.514. The van der Waals surface area contributed by atoms with Crippen LogP contribution in [0.4, 0.5) is 5.69 Å². The Hall–Kier alpha value is -1.81. The molecule has 2 aromatic rings. The van der Waals surface area contributed by atoms with Gasteiger partial charge in [-0.1, -0.05) is 6.07 Å². The molecule has 0 saturated heterocycles. The fourth-order valence-electron chi connectivity index (χ4n) is 1.60. The summed E-state index contributed by atoms with van der Waals surface area (Å²) in [7, 11) is 3.91. The molecular weight excluding hydrogens is 241 g/mol. The summed E-state index contributed by atoms with van der Waals surface area (Å²) >= 11 is 1.68. The first kappa shape index (κ1) is 12.6. The first-order valence-corrected chi connectivity index (χ1v) is 6.57. The van der Waals surface area contributed by atoms with E-state index < -0.39 is 0 Å². The summed E-state index contributed by atoms with van der Waals surface area (Å²) in [5, 5.41) is 3.03. The monoisotopic (exact) mass is 255 g/mol. The zero-order valence-electron chi connectivity index (χ0n) is 10.4. The molecule has 0 spiro atoms. The number of thiophene rings is 1. The molecule has 0 bridgehead atoms. The van der Waals surface area contributed by atoms with Gasteiger partial charge < -0.3 is 5.32 Å². The first-order chi connectivity index (χ1) is 8.69. The van der Waals surface area contributed by atoms with Crippen molar-refractivity contribution in [2.75, 3.05) is 12.4 Å². The fourth-order valence-corrected chi connectivity index (χ4v) is 2.38. The lowest BCUT2D eigenvalue weighted by atomic mass is 10.1. The van der Waals surface area contributed by atoms with Gasteiger partial charge in [0.1, 0.15) is 0 Å². The SMILES string of the molecule is Bc1ccc(/C=C/C(=O)c2ccc(NC)cc2)s1. The molecule has 0 fully saturated rings. The van der Waals surface area contributed by atoms with Crippen LogP contribution in [0.5, 0.6) is 0 Å². The smallest absolute Gasteiger partial charge is 0.185 e. The number of benzene rings is 1. The van der Waals surface area contributed by atoms with Crippen LogP contribution in [0.3, 0.4) is 0 Å². The van der Waals surface area contributed by atoms with E-state index in [9.17, 15) is 4.79 Å². The van der Waals surface area contributed by atoms with Crippen LogP contribution in [0.15, 0.2) is 42.5 Å². The highest BCUT2D eigenvalue weighted by Gasteiger charge is 2.01. The van der Waals surface area contributed by atoms with Gasteiger partial charge in [0.25, 0.3) is 0 Å². The van der Waals surface area contributed by atoms with Crippen molar-refractivity contribution < 1.29 is 4.79 Å². The molecular formula is C14H14BNOS. The summed E-state index contributed by atoms with van der Waals surface area (Å²) < 4.78 is 1.25. The van der Waals surface area contributed by atoms with E-state index in [0.29, 0.717) is 5.56 Å². The summed E-state index contributed by atoms with van der Waals surface area (Å²) in [5.41, 5.74) is 1.71. The third kappa shape index (κ3) is 3.11. The van der Waals surface area contributed by atoms with Crippen molar-refractivity contribution >= 4 is 41.5 Å². The number of rotatable bonds is 4. The Morgan fingerprint density at radius 1 is 1.22 bits per heavy atom. The number of carbonyl (C=O) groups is 1. The minimum Gasteiger partial charge on any atom is -0.388 e. The van der Waals surface area contributed by atoms with E-state index in [1.54, 1.807) is 17.4 Å². The standard InChI is InChI=1S/C14H14BNOS/c1-16-11-4-2-10(3-5-11)13(17)8-6-12-7-9-14(15)18-12/h2-9,16H,15H2,1H3/b8-6+. The predicted octanol–water partition coefficient (Wildman–Crippen LogP) is 1.94. The Labute approximate surface area is 112 Å².